The predicted octanol–water partition coefficient (Wildman–Crippen LogP) is 2.91. The first-order valence-corrected chi connectivity index (χ1v) is 8.94. The van der Waals surface area contributed by atoms with E-state index in [1.165, 1.54) is 0 Å². The molecule has 2 heterocycles. The van der Waals surface area contributed by atoms with Crippen molar-refractivity contribution in [3.63, 3.8) is 0 Å². The molecule has 1 fully saturated rings. The molecule has 1 aliphatic heterocycles. The van der Waals surface area contributed by atoms with Gasteiger partial charge in [0.25, 0.3) is 0 Å². The number of hydrogen-bond donors (Lipinski definition) is 2. The fourth-order valence-electron chi connectivity index (χ4n) is 3.28. The molecule has 3 amide bonds. The van der Waals surface area contributed by atoms with Crippen LogP contribution in [-0.4, -0.2) is 29.9 Å². The van der Waals surface area contributed by atoms with E-state index in [0.29, 0.717) is 31.9 Å². The summed E-state index contributed by atoms with van der Waals surface area (Å²) in [7, 11) is 0. The van der Waals surface area contributed by atoms with Crippen LogP contribution in [0.4, 0.5) is 4.79 Å². The molecule has 3 rings (SSSR count). The van der Waals surface area contributed by atoms with E-state index in [-0.39, 0.29) is 11.9 Å². The second kappa shape index (κ2) is 8.08. The highest BCUT2D eigenvalue weighted by atomic mass is 16.3. The number of carbonyl (C=O) groups is 2. The van der Waals surface area contributed by atoms with Crippen molar-refractivity contribution in [2.75, 3.05) is 13.1 Å². The number of nitrogens with one attached hydrogen (secondary N) is 2. The Kier molecular flexibility index (Phi) is 5.61. The molecular weight excluding hydrogens is 330 g/mol. The summed E-state index contributed by atoms with van der Waals surface area (Å²) in [6.07, 6.45) is 3.16. The van der Waals surface area contributed by atoms with E-state index < -0.39 is 5.41 Å². The average Bonchev–Trinajstić information content (AvgIpc) is 3.18. The molecule has 0 radical (unpaired) electrons. The molecule has 2 N–H and O–H groups in total. The summed E-state index contributed by atoms with van der Waals surface area (Å²) in [5.74, 6) is 0.698. The summed E-state index contributed by atoms with van der Waals surface area (Å²) >= 11 is 0. The molecule has 6 heteroatoms. The highest BCUT2D eigenvalue weighted by Gasteiger charge is 2.39. The van der Waals surface area contributed by atoms with Crippen LogP contribution in [0.2, 0.25) is 0 Å². The van der Waals surface area contributed by atoms with Gasteiger partial charge in [-0.15, -0.1) is 0 Å². The third-order valence-corrected chi connectivity index (χ3v) is 4.82. The van der Waals surface area contributed by atoms with Crippen LogP contribution in [0.1, 0.15) is 31.1 Å². The minimum absolute atomic E-state index is 0.00936. The van der Waals surface area contributed by atoms with Gasteiger partial charge in [0, 0.05) is 19.6 Å². The maximum Gasteiger partial charge on any atom is 0.317 e. The van der Waals surface area contributed by atoms with Crippen molar-refractivity contribution < 1.29 is 14.0 Å². The van der Waals surface area contributed by atoms with Gasteiger partial charge >= 0.3 is 6.03 Å². The smallest absolute Gasteiger partial charge is 0.317 e. The first-order valence-electron chi connectivity index (χ1n) is 8.94. The molecule has 1 saturated heterocycles. The summed E-state index contributed by atoms with van der Waals surface area (Å²) < 4.78 is 5.23. The van der Waals surface area contributed by atoms with Gasteiger partial charge in [0.15, 0.2) is 0 Å². The monoisotopic (exact) mass is 355 g/mol. The van der Waals surface area contributed by atoms with Crippen LogP contribution in [0, 0.1) is 5.41 Å². The Labute approximate surface area is 153 Å². The minimum atomic E-state index is -0.574. The Hall–Kier alpha value is -2.76. The summed E-state index contributed by atoms with van der Waals surface area (Å²) in [5, 5.41) is 5.86. The number of carbonyl (C=O) groups excluding carboxylic acids is 2. The van der Waals surface area contributed by atoms with Crippen LogP contribution in [0.25, 0.3) is 0 Å². The number of hydrogen-bond acceptors (Lipinski definition) is 3. The predicted molar refractivity (Wildman–Crippen MR) is 98.1 cm³/mol. The van der Waals surface area contributed by atoms with Crippen molar-refractivity contribution in [2.45, 2.75) is 32.9 Å². The van der Waals surface area contributed by atoms with E-state index in [9.17, 15) is 9.59 Å². The van der Waals surface area contributed by atoms with Crippen molar-refractivity contribution in [1.29, 1.82) is 0 Å². The summed E-state index contributed by atoms with van der Waals surface area (Å²) in [6.45, 7) is 3.85. The number of rotatable bonds is 5. The molecule has 138 valence electrons. The van der Waals surface area contributed by atoms with Gasteiger partial charge < -0.3 is 20.0 Å². The number of likely N-dealkylation sites (tertiary alicyclic amines) is 1. The highest BCUT2D eigenvalue weighted by Crippen LogP contribution is 2.30. The van der Waals surface area contributed by atoms with Gasteiger partial charge in [-0.25, -0.2) is 4.79 Å². The molecule has 1 unspecified atom stereocenters. The maximum atomic E-state index is 12.7. The van der Waals surface area contributed by atoms with E-state index >= 15 is 0 Å². The number of piperidine rings is 1. The number of benzene rings is 1. The van der Waals surface area contributed by atoms with E-state index in [4.69, 9.17) is 4.42 Å². The SMILES string of the molecule is CC1(C(=O)NCc2ccccc2)CCCN(C(=O)NCc2ccco2)C1. The lowest BCUT2D eigenvalue weighted by Crippen LogP contribution is -2.53. The highest BCUT2D eigenvalue weighted by molar-refractivity contribution is 5.84. The van der Waals surface area contributed by atoms with E-state index in [1.54, 1.807) is 17.2 Å². The molecule has 0 spiro atoms. The molecule has 0 bridgehead atoms. The topological polar surface area (TPSA) is 74.6 Å². The van der Waals surface area contributed by atoms with Gasteiger partial charge in [0.2, 0.25) is 5.91 Å². The fraction of sp³-hybridized carbons (Fsp3) is 0.400. The largest absolute Gasteiger partial charge is 0.467 e. The first-order chi connectivity index (χ1) is 12.6. The molecule has 0 saturated carbocycles. The number of furan rings is 1. The Morgan fingerprint density at radius 3 is 2.65 bits per heavy atom. The van der Waals surface area contributed by atoms with Gasteiger partial charge in [0.05, 0.1) is 18.2 Å². The van der Waals surface area contributed by atoms with E-state index in [1.807, 2.05) is 43.3 Å². The molecule has 0 aliphatic carbocycles. The van der Waals surface area contributed by atoms with Crippen molar-refractivity contribution in [3.05, 3.63) is 60.1 Å². The molecule has 1 aliphatic rings. The van der Waals surface area contributed by atoms with Crippen molar-refractivity contribution in [1.82, 2.24) is 15.5 Å². The maximum absolute atomic E-state index is 12.7. The zero-order chi connectivity index (χ0) is 18.4. The molecule has 26 heavy (non-hydrogen) atoms. The number of amides is 3. The lowest BCUT2D eigenvalue weighted by molar-refractivity contribution is -0.132. The van der Waals surface area contributed by atoms with Crippen molar-refractivity contribution in [2.24, 2.45) is 5.41 Å². The molecule has 6 nitrogen and oxygen atoms in total. The fourth-order valence-corrected chi connectivity index (χ4v) is 3.28. The second-order valence-electron chi connectivity index (χ2n) is 6.99. The Balaban J connectivity index is 1.53. The summed E-state index contributed by atoms with van der Waals surface area (Å²) in [4.78, 5) is 26.9. The quantitative estimate of drug-likeness (QED) is 0.866. The second-order valence-corrected chi connectivity index (χ2v) is 6.99. The third-order valence-electron chi connectivity index (χ3n) is 4.82. The molecular formula is C20H25N3O3. The van der Waals surface area contributed by atoms with Crippen molar-refractivity contribution in [3.8, 4) is 0 Å². The van der Waals surface area contributed by atoms with Crippen LogP contribution in [0.3, 0.4) is 0 Å². The zero-order valence-corrected chi connectivity index (χ0v) is 15.0. The minimum Gasteiger partial charge on any atom is -0.467 e. The molecule has 1 atom stereocenters. The van der Waals surface area contributed by atoms with E-state index in [2.05, 4.69) is 10.6 Å². The molecule has 1 aromatic carbocycles. The van der Waals surface area contributed by atoms with Crippen molar-refractivity contribution >= 4 is 11.9 Å². The van der Waals surface area contributed by atoms with E-state index in [0.717, 1.165) is 18.4 Å². The summed E-state index contributed by atoms with van der Waals surface area (Å²) in [6, 6.07) is 13.3. The van der Waals surface area contributed by atoms with Crippen LogP contribution < -0.4 is 10.6 Å². The lowest BCUT2D eigenvalue weighted by atomic mass is 9.81. The van der Waals surface area contributed by atoms with Gasteiger partial charge in [-0.3, -0.25) is 4.79 Å². The van der Waals surface area contributed by atoms with Crippen LogP contribution in [-0.2, 0) is 17.9 Å². The Bertz CT molecular complexity index is 730. The molecule has 2 aromatic rings. The van der Waals surface area contributed by atoms with Crippen LogP contribution in [0.5, 0.6) is 0 Å². The average molecular weight is 355 g/mol. The third kappa shape index (κ3) is 4.45. The van der Waals surface area contributed by atoms with Gasteiger partial charge in [0.1, 0.15) is 5.76 Å². The Morgan fingerprint density at radius 2 is 1.92 bits per heavy atom. The molecule has 1 aromatic heterocycles. The van der Waals surface area contributed by atoms with Gasteiger partial charge in [-0.2, -0.15) is 0 Å². The Morgan fingerprint density at radius 1 is 1.12 bits per heavy atom. The normalized spacial score (nSPS) is 19.8. The van der Waals surface area contributed by atoms with Gasteiger partial charge in [-0.1, -0.05) is 30.3 Å². The number of urea groups is 1. The first kappa shape index (κ1) is 18.0. The van der Waals surface area contributed by atoms with Crippen LogP contribution in [0.15, 0.2) is 53.1 Å². The van der Waals surface area contributed by atoms with Gasteiger partial charge in [-0.05, 0) is 37.5 Å². The number of nitrogens with zero attached hydrogens (tertiary/aromatic N) is 1. The van der Waals surface area contributed by atoms with Crippen LogP contribution >= 0.6 is 0 Å². The standard InChI is InChI=1S/C20H25N3O3/c1-20(18(24)21-13-16-7-3-2-4-8-16)10-6-11-23(15-20)19(25)22-14-17-9-5-12-26-17/h2-5,7-9,12H,6,10-11,13-15H2,1H3,(H,21,24)(H,22,25). The summed E-state index contributed by atoms with van der Waals surface area (Å²) in [5.41, 5.74) is 0.489. The lowest BCUT2D eigenvalue weighted by Gasteiger charge is -2.39. The zero-order valence-electron chi connectivity index (χ0n) is 15.0.